The number of Topliss-reactive ketones (excluding diaryl/α,β-unsaturated/α-hetero) is 1. The van der Waals surface area contributed by atoms with Crippen molar-refractivity contribution in [2.24, 2.45) is 0 Å². The van der Waals surface area contributed by atoms with Crippen LogP contribution in [0.5, 0.6) is 5.75 Å². The van der Waals surface area contributed by atoms with E-state index in [-0.39, 0.29) is 24.1 Å². The fourth-order valence-corrected chi connectivity index (χ4v) is 5.20. The number of ketones is 1. The van der Waals surface area contributed by atoms with Crippen molar-refractivity contribution >= 4 is 29.8 Å². The Labute approximate surface area is 209 Å². The smallest absolute Gasteiger partial charge is 0.227 e. The molecule has 34 heavy (non-hydrogen) atoms. The fourth-order valence-electron chi connectivity index (χ4n) is 5.20. The topological polar surface area (TPSA) is 49.9 Å². The molecule has 0 fully saturated rings. The number of unbranched alkanes of at least 4 members (excludes halogenated alkanes) is 1. The molecule has 4 rings (SSSR count). The van der Waals surface area contributed by atoms with Gasteiger partial charge in [-0.25, -0.2) is 0 Å². The van der Waals surface area contributed by atoms with Crippen molar-refractivity contribution in [1.82, 2.24) is 4.90 Å². The van der Waals surface area contributed by atoms with Gasteiger partial charge in [0.2, 0.25) is 5.91 Å². The van der Waals surface area contributed by atoms with Crippen LogP contribution in [0.25, 0.3) is 0 Å². The van der Waals surface area contributed by atoms with Crippen molar-refractivity contribution in [3.05, 3.63) is 58.7 Å². The number of amides is 1. The molecule has 184 valence electrons. The van der Waals surface area contributed by atoms with E-state index in [1.165, 1.54) is 16.7 Å². The highest BCUT2D eigenvalue weighted by Gasteiger charge is 2.30. The van der Waals surface area contributed by atoms with Gasteiger partial charge in [-0.1, -0.05) is 25.1 Å². The van der Waals surface area contributed by atoms with Crippen LogP contribution < -0.4 is 9.64 Å². The molecule has 2 aromatic carbocycles. The van der Waals surface area contributed by atoms with Crippen LogP contribution in [0.4, 0.5) is 5.69 Å². The standard InChI is InChI=1S/C28H36N2O3.ClH/c1-3-29(18-15-21-9-4-5-12-26(21)33-2)16-7-6-11-25(31)24-19-22-10-8-17-30-27(32)14-13-23(20-24)28(22)30;/h4-5,9,12,19-20H,3,6-8,10-11,13-18H2,1-2H3;1H. The lowest BCUT2D eigenvalue weighted by molar-refractivity contribution is -0.119. The molecule has 0 aliphatic carbocycles. The Bertz CT molecular complexity index is 990. The van der Waals surface area contributed by atoms with E-state index in [1.807, 2.05) is 17.0 Å². The van der Waals surface area contributed by atoms with Crippen molar-refractivity contribution in [2.45, 2.75) is 58.3 Å². The van der Waals surface area contributed by atoms with E-state index in [4.69, 9.17) is 4.74 Å². The quantitative estimate of drug-likeness (QED) is 0.322. The maximum absolute atomic E-state index is 12.9. The van der Waals surface area contributed by atoms with Crippen molar-refractivity contribution in [1.29, 1.82) is 0 Å². The van der Waals surface area contributed by atoms with E-state index >= 15 is 0 Å². The Kier molecular flexibility index (Phi) is 9.54. The van der Waals surface area contributed by atoms with E-state index in [0.29, 0.717) is 12.8 Å². The van der Waals surface area contributed by atoms with E-state index in [2.05, 4.69) is 36.1 Å². The largest absolute Gasteiger partial charge is 0.496 e. The van der Waals surface area contributed by atoms with Gasteiger partial charge in [-0.2, -0.15) is 0 Å². The third-order valence-electron chi connectivity index (χ3n) is 7.06. The summed E-state index contributed by atoms with van der Waals surface area (Å²) in [4.78, 5) is 29.6. The average molecular weight is 485 g/mol. The number of carbonyl (C=O) groups is 2. The van der Waals surface area contributed by atoms with Gasteiger partial charge in [0.1, 0.15) is 5.75 Å². The lowest BCUT2D eigenvalue weighted by Crippen LogP contribution is -2.39. The van der Waals surface area contributed by atoms with E-state index in [9.17, 15) is 9.59 Å². The molecule has 6 heteroatoms. The molecule has 2 aliphatic rings. The van der Waals surface area contributed by atoms with E-state index in [1.54, 1.807) is 7.11 Å². The van der Waals surface area contributed by atoms with Crippen LogP contribution in [0.3, 0.4) is 0 Å². The first kappa shape index (κ1) is 26.2. The number of anilines is 1. The summed E-state index contributed by atoms with van der Waals surface area (Å²) in [7, 11) is 1.72. The minimum absolute atomic E-state index is 0. The number of ether oxygens (including phenoxy) is 1. The predicted octanol–water partition coefficient (Wildman–Crippen LogP) is 5.26. The predicted molar refractivity (Wildman–Crippen MR) is 140 cm³/mol. The number of halogens is 1. The Balaban J connectivity index is 0.00000324. The minimum atomic E-state index is 0. The zero-order valence-electron chi connectivity index (χ0n) is 20.5. The molecule has 5 nitrogen and oxygen atoms in total. The average Bonchev–Trinajstić information content (AvgIpc) is 2.85. The maximum atomic E-state index is 12.9. The molecule has 0 saturated carbocycles. The van der Waals surface area contributed by atoms with Gasteiger partial charge in [-0.05, 0) is 86.5 Å². The summed E-state index contributed by atoms with van der Waals surface area (Å²) in [5, 5.41) is 0. The Hall–Kier alpha value is -2.37. The highest BCUT2D eigenvalue weighted by molar-refractivity contribution is 6.01. The highest BCUT2D eigenvalue weighted by Crippen LogP contribution is 2.36. The highest BCUT2D eigenvalue weighted by atomic mass is 35.5. The van der Waals surface area contributed by atoms with Crippen LogP contribution in [-0.4, -0.2) is 49.9 Å². The molecule has 0 radical (unpaired) electrons. The van der Waals surface area contributed by atoms with Crippen LogP contribution in [0.15, 0.2) is 36.4 Å². The molecule has 0 aromatic heterocycles. The number of nitrogens with zero attached hydrogens (tertiary/aromatic N) is 2. The minimum Gasteiger partial charge on any atom is -0.496 e. The number of para-hydroxylation sites is 1. The molecule has 0 saturated heterocycles. The summed E-state index contributed by atoms with van der Waals surface area (Å²) in [6.07, 6.45) is 6.75. The summed E-state index contributed by atoms with van der Waals surface area (Å²) in [5.41, 5.74) is 5.55. The molecule has 2 aliphatic heterocycles. The molecule has 2 heterocycles. The van der Waals surface area contributed by atoms with E-state index < -0.39 is 0 Å². The number of benzene rings is 2. The van der Waals surface area contributed by atoms with Crippen LogP contribution in [0, 0.1) is 0 Å². The molecule has 2 aromatic rings. The summed E-state index contributed by atoms with van der Waals surface area (Å²) in [6, 6.07) is 12.3. The normalized spacial score (nSPS) is 14.6. The first-order chi connectivity index (χ1) is 16.1. The molecule has 1 amide bonds. The molecule has 0 N–H and O–H groups in total. The molecular formula is C28H37ClN2O3. The van der Waals surface area contributed by atoms with Gasteiger partial charge in [0, 0.05) is 31.5 Å². The van der Waals surface area contributed by atoms with Gasteiger partial charge >= 0.3 is 0 Å². The van der Waals surface area contributed by atoms with Crippen molar-refractivity contribution in [3.63, 3.8) is 0 Å². The number of rotatable bonds is 11. The molecule has 0 spiro atoms. The first-order valence-electron chi connectivity index (χ1n) is 12.4. The summed E-state index contributed by atoms with van der Waals surface area (Å²) in [6.45, 7) is 6.02. The number of hydrogen-bond donors (Lipinski definition) is 0. The zero-order chi connectivity index (χ0) is 23.2. The number of carbonyl (C=O) groups excluding carboxylic acids is 2. The second-order valence-electron chi connectivity index (χ2n) is 9.17. The summed E-state index contributed by atoms with van der Waals surface area (Å²) in [5.74, 6) is 1.42. The van der Waals surface area contributed by atoms with Gasteiger partial charge < -0.3 is 14.5 Å². The SMILES string of the molecule is CCN(CCCCC(=O)c1cc2c3c(c1)CCC(=O)N3CCC2)CCc1ccccc1OC.Cl. The molecule has 0 bridgehead atoms. The number of aryl methyl sites for hydroxylation is 2. The third kappa shape index (κ3) is 6.00. The summed E-state index contributed by atoms with van der Waals surface area (Å²) < 4.78 is 5.47. The van der Waals surface area contributed by atoms with Gasteiger partial charge in [0.25, 0.3) is 0 Å². The monoisotopic (exact) mass is 484 g/mol. The van der Waals surface area contributed by atoms with Crippen molar-refractivity contribution < 1.29 is 14.3 Å². The third-order valence-corrected chi connectivity index (χ3v) is 7.06. The number of likely N-dealkylation sites (N-methyl/N-ethyl adjacent to an activating group) is 1. The fraction of sp³-hybridized carbons (Fsp3) is 0.500. The van der Waals surface area contributed by atoms with Crippen LogP contribution in [0.2, 0.25) is 0 Å². The lowest BCUT2D eigenvalue weighted by atomic mass is 9.88. The van der Waals surface area contributed by atoms with Gasteiger partial charge in [-0.3, -0.25) is 9.59 Å². The second kappa shape index (κ2) is 12.4. The Morgan fingerprint density at radius 2 is 1.82 bits per heavy atom. The van der Waals surface area contributed by atoms with Gasteiger partial charge in [0.15, 0.2) is 5.78 Å². The van der Waals surface area contributed by atoms with Gasteiger partial charge in [-0.15, -0.1) is 12.4 Å². The molecule has 0 atom stereocenters. The Morgan fingerprint density at radius 3 is 2.59 bits per heavy atom. The number of hydrogen-bond acceptors (Lipinski definition) is 4. The molecular weight excluding hydrogens is 448 g/mol. The second-order valence-corrected chi connectivity index (χ2v) is 9.17. The van der Waals surface area contributed by atoms with Crippen molar-refractivity contribution in [3.8, 4) is 5.75 Å². The Morgan fingerprint density at radius 1 is 1.06 bits per heavy atom. The van der Waals surface area contributed by atoms with E-state index in [0.717, 1.165) is 81.7 Å². The van der Waals surface area contributed by atoms with Gasteiger partial charge in [0.05, 0.1) is 12.8 Å². The first-order valence-corrected chi connectivity index (χ1v) is 12.4. The summed E-state index contributed by atoms with van der Waals surface area (Å²) >= 11 is 0. The van der Waals surface area contributed by atoms with Crippen LogP contribution in [0.1, 0.15) is 66.1 Å². The molecule has 0 unspecified atom stereocenters. The van der Waals surface area contributed by atoms with Crippen molar-refractivity contribution in [2.75, 3.05) is 38.2 Å². The lowest BCUT2D eigenvalue weighted by Gasteiger charge is -2.35. The van der Waals surface area contributed by atoms with Crippen LogP contribution in [-0.2, 0) is 24.1 Å². The maximum Gasteiger partial charge on any atom is 0.227 e. The zero-order valence-corrected chi connectivity index (χ0v) is 21.3. The van der Waals surface area contributed by atoms with Crippen LogP contribution >= 0.6 is 12.4 Å². The number of methoxy groups -OCH3 is 1.